The number of hydrogen-bond acceptors (Lipinski definition) is 3. The topological polar surface area (TPSA) is 38.7 Å². The van der Waals surface area contributed by atoms with Gasteiger partial charge in [-0.05, 0) is 41.4 Å². The van der Waals surface area contributed by atoms with Gasteiger partial charge in [0.2, 0.25) is 0 Å². The Bertz CT molecular complexity index is 540. The van der Waals surface area contributed by atoms with E-state index in [1.807, 2.05) is 26.0 Å². The predicted molar refractivity (Wildman–Crippen MR) is 72.1 cm³/mol. The van der Waals surface area contributed by atoms with Crippen molar-refractivity contribution in [3.8, 4) is 11.4 Å². The van der Waals surface area contributed by atoms with Crippen molar-refractivity contribution < 1.29 is 0 Å². The van der Waals surface area contributed by atoms with Crippen LogP contribution in [0.3, 0.4) is 0 Å². The van der Waals surface area contributed by atoms with E-state index in [1.165, 1.54) is 0 Å². The van der Waals surface area contributed by atoms with Gasteiger partial charge in [0.1, 0.15) is 5.15 Å². The van der Waals surface area contributed by atoms with Crippen LogP contribution in [0.15, 0.2) is 22.8 Å². The van der Waals surface area contributed by atoms with Crippen molar-refractivity contribution in [3.05, 3.63) is 39.3 Å². The quantitative estimate of drug-likeness (QED) is 0.791. The van der Waals surface area contributed by atoms with E-state index < -0.39 is 0 Å². The highest BCUT2D eigenvalue weighted by Gasteiger charge is 2.10. The summed E-state index contributed by atoms with van der Waals surface area (Å²) in [7, 11) is 0. The highest BCUT2D eigenvalue weighted by molar-refractivity contribution is 9.10. The third-order valence-corrected chi connectivity index (χ3v) is 3.72. The molecule has 2 heterocycles. The summed E-state index contributed by atoms with van der Waals surface area (Å²) in [5.74, 6) is 0.613. The summed E-state index contributed by atoms with van der Waals surface area (Å²) in [5, 5.41) is 0.437. The lowest BCUT2D eigenvalue weighted by Crippen LogP contribution is -1.98. The van der Waals surface area contributed by atoms with Crippen molar-refractivity contribution >= 4 is 27.5 Å². The van der Waals surface area contributed by atoms with E-state index in [9.17, 15) is 0 Å². The first-order valence-electron chi connectivity index (χ1n) is 5.26. The largest absolute Gasteiger partial charge is 0.261 e. The Kier molecular flexibility index (Phi) is 3.74. The smallest absolute Gasteiger partial charge is 0.162 e. The molecule has 0 N–H and O–H groups in total. The van der Waals surface area contributed by atoms with Gasteiger partial charge in [-0.25, -0.2) is 9.97 Å². The van der Waals surface area contributed by atoms with Gasteiger partial charge in [-0.2, -0.15) is 0 Å². The summed E-state index contributed by atoms with van der Waals surface area (Å²) < 4.78 is 0.769. The molecule has 0 amide bonds. The molecule has 2 rings (SSSR count). The van der Waals surface area contributed by atoms with E-state index >= 15 is 0 Å². The zero-order chi connectivity index (χ0) is 12.4. The molecule has 0 saturated carbocycles. The number of rotatable bonds is 2. The molecule has 17 heavy (non-hydrogen) atoms. The maximum Gasteiger partial charge on any atom is 0.162 e. The Balaban J connectivity index is 2.52. The van der Waals surface area contributed by atoms with Crippen molar-refractivity contribution in [1.29, 1.82) is 0 Å². The molecule has 5 heteroatoms. The zero-order valence-electron chi connectivity index (χ0n) is 9.54. The van der Waals surface area contributed by atoms with Crippen molar-refractivity contribution in [3.63, 3.8) is 0 Å². The molecule has 0 spiro atoms. The van der Waals surface area contributed by atoms with Crippen LogP contribution in [0.5, 0.6) is 0 Å². The highest BCUT2D eigenvalue weighted by atomic mass is 79.9. The molecule has 0 fully saturated rings. The molecule has 0 bridgehead atoms. The fraction of sp³-hybridized carbons (Fsp3) is 0.250. The number of aromatic nitrogens is 3. The van der Waals surface area contributed by atoms with Gasteiger partial charge in [0.25, 0.3) is 0 Å². The van der Waals surface area contributed by atoms with Crippen molar-refractivity contribution in [2.75, 3.05) is 0 Å². The van der Waals surface area contributed by atoms with Gasteiger partial charge in [-0.1, -0.05) is 18.5 Å². The second kappa shape index (κ2) is 5.10. The molecule has 0 aliphatic heterocycles. The van der Waals surface area contributed by atoms with Gasteiger partial charge in [-0.3, -0.25) is 4.98 Å². The van der Waals surface area contributed by atoms with Crippen molar-refractivity contribution in [2.24, 2.45) is 0 Å². The Labute approximate surface area is 113 Å². The molecule has 0 radical (unpaired) electrons. The van der Waals surface area contributed by atoms with Crippen LogP contribution in [0.1, 0.15) is 18.3 Å². The van der Waals surface area contributed by atoms with Crippen LogP contribution >= 0.6 is 27.5 Å². The summed E-state index contributed by atoms with van der Waals surface area (Å²) >= 11 is 9.45. The first-order valence-corrected chi connectivity index (χ1v) is 6.44. The molecule has 0 unspecified atom stereocenters. The van der Waals surface area contributed by atoms with Crippen LogP contribution in [0.4, 0.5) is 0 Å². The van der Waals surface area contributed by atoms with Gasteiger partial charge in [0, 0.05) is 17.5 Å². The molecule has 0 aromatic carbocycles. The third kappa shape index (κ3) is 2.64. The van der Waals surface area contributed by atoms with Crippen molar-refractivity contribution in [1.82, 2.24) is 15.0 Å². The van der Waals surface area contributed by atoms with Crippen LogP contribution in [-0.4, -0.2) is 15.0 Å². The summed E-state index contributed by atoms with van der Waals surface area (Å²) in [4.78, 5) is 12.9. The summed E-state index contributed by atoms with van der Waals surface area (Å²) in [6.07, 6.45) is 2.56. The molecule has 0 aliphatic rings. The number of nitrogens with zero attached hydrogens (tertiary/aromatic N) is 3. The minimum Gasteiger partial charge on any atom is -0.261 e. The maximum atomic E-state index is 6.06. The fourth-order valence-electron chi connectivity index (χ4n) is 1.43. The van der Waals surface area contributed by atoms with Gasteiger partial charge < -0.3 is 0 Å². The van der Waals surface area contributed by atoms with E-state index in [0.717, 1.165) is 27.8 Å². The average Bonchev–Trinajstić information content (AvgIpc) is 2.33. The first kappa shape index (κ1) is 12.5. The lowest BCUT2D eigenvalue weighted by Gasteiger charge is -2.06. The van der Waals surface area contributed by atoms with Crippen LogP contribution in [0, 0.1) is 6.92 Å². The summed E-state index contributed by atoms with van der Waals surface area (Å²) in [6.45, 7) is 3.97. The molecule has 0 aliphatic carbocycles. The lowest BCUT2D eigenvalue weighted by atomic mass is 10.2. The molecule has 2 aromatic heterocycles. The second-order valence-electron chi connectivity index (χ2n) is 3.64. The Morgan fingerprint density at radius 3 is 2.65 bits per heavy atom. The van der Waals surface area contributed by atoms with Crippen LogP contribution in [-0.2, 0) is 6.42 Å². The van der Waals surface area contributed by atoms with E-state index in [0.29, 0.717) is 11.0 Å². The van der Waals surface area contributed by atoms with Gasteiger partial charge in [0.15, 0.2) is 5.82 Å². The zero-order valence-corrected chi connectivity index (χ0v) is 11.9. The average molecular weight is 313 g/mol. The minimum absolute atomic E-state index is 0.437. The van der Waals surface area contributed by atoms with Gasteiger partial charge in [0.05, 0.1) is 10.2 Å². The highest BCUT2D eigenvalue weighted by Crippen LogP contribution is 2.26. The monoisotopic (exact) mass is 311 g/mol. The number of hydrogen-bond donors (Lipinski definition) is 0. The predicted octanol–water partition coefficient (Wildman–Crippen LogP) is 3.83. The van der Waals surface area contributed by atoms with E-state index in [-0.39, 0.29) is 0 Å². The van der Waals surface area contributed by atoms with Gasteiger partial charge >= 0.3 is 0 Å². The van der Waals surface area contributed by atoms with Crippen LogP contribution in [0.25, 0.3) is 11.4 Å². The molecule has 88 valence electrons. The van der Waals surface area contributed by atoms with Crippen LogP contribution in [0.2, 0.25) is 5.15 Å². The Morgan fingerprint density at radius 2 is 2.06 bits per heavy atom. The SMILES string of the molecule is CCc1nc(-c2ccc(C)nc2)nc(Cl)c1Br. The second-order valence-corrected chi connectivity index (χ2v) is 4.79. The molecule has 3 nitrogen and oxygen atoms in total. The van der Waals surface area contributed by atoms with E-state index in [4.69, 9.17) is 11.6 Å². The summed E-state index contributed by atoms with van der Waals surface area (Å²) in [6, 6.07) is 3.88. The molecule has 0 atom stereocenters. The fourth-order valence-corrected chi connectivity index (χ4v) is 2.07. The molecule has 2 aromatic rings. The van der Waals surface area contributed by atoms with E-state index in [2.05, 4.69) is 30.9 Å². The third-order valence-electron chi connectivity index (χ3n) is 2.38. The van der Waals surface area contributed by atoms with Crippen LogP contribution < -0.4 is 0 Å². The number of pyridine rings is 1. The molecule has 0 saturated heterocycles. The summed E-state index contributed by atoms with van der Waals surface area (Å²) in [5.41, 5.74) is 2.74. The lowest BCUT2D eigenvalue weighted by molar-refractivity contribution is 0.988. The van der Waals surface area contributed by atoms with Gasteiger partial charge in [-0.15, -0.1) is 0 Å². The van der Waals surface area contributed by atoms with Crippen molar-refractivity contribution in [2.45, 2.75) is 20.3 Å². The normalized spacial score (nSPS) is 10.6. The maximum absolute atomic E-state index is 6.06. The van der Waals surface area contributed by atoms with E-state index in [1.54, 1.807) is 6.20 Å². The Morgan fingerprint density at radius 1 is 1.29 bits per heavy atom. The minimum atomic E-state index is 0.437. The first-order chi connectivity index (χ1) is 8.11. The number of aryl methyl sites for hydroxylation is 2. The molecular weight excluding hydrogens is 302 g/mol. The number of halogens is 2. The standard InChI is InChI=1S/C12H11BrClN3/c1-3-9-10(13)11(14)17-12(16-9)8-5-4-7(2)15-6-8/h4-6H,3H2,1-2H3. The Hall–Kier alpha value is -1.00. The molecular formula is C12H11BrClN3.